The maximum atomic E-state index is 11.8. The zero-order valence-electron chi connectivity index (χ0n) is 17.9. The van der Waals surface area contributed by atoms with E-state index in [1.165, 1.54) is 4.57 Å². The normalized spacial score (nSPS) is 16.2. The molecule has 2 aromatic carbocycles. The molecule has 0 spiro atoms. The molecule has 1 saturated heterocycles. The molecule has 0 radical (unpaired) electrons. The highest BCUT2D eigenvalue weighted by Gasteiger charge is 2.18. The number of hydrogen-bond donors (Lipinski definition) is 3. The third-order valence-electron chi connectivity index (χ3n) is 5.53. The van der Waals surface area contributed by atoms with Crippen molar-refractivity contribution in [2.45, 2.75) is 13.0 Å². The molecule has 0 bridgehead atoms. The summed E-state index contributed by atoms with van der Waals surface area (Å²) in [6.45, 7) is 4.10. The number of nitrogens with one attached hydrogen (secondary N) is 3. The van der Waals surface area contributed by atoms with Crippen molar-refractivity contribution in [3.63, 3.8) is 0 Å². The van der Waals surface area contributed by atoms with Crippen molar-refractivity contribution in [1.29, 1.82) is 0 Å². The van der Waals surface area contributed by atoms with E-state index in [1.807, 2.05) is 37.3 Å². The second kappa shape index (κ2) is 8.45. The van der Waals surface area contributed by atoms with E-state index in [1.54, 1.807) is 19.3 Å². The Bertz CT molecular complexity index is 1320. The molecule has 1 unspecified atom stereocenters. The van der Waals surface area contributed by atoms with E-state index in [0.717, 1.165) is 41.2 Å². The Morgan fingerprint density at radius 3 is 2.91 bits per heavy atom. The highest BCUT2D eigenvalue weighted by molar-refractivity contribution is 5.79. The Balaban J connectivity index is 1.41. The lowest BCUT2D eigenvalue weighted by Gasteiger charge is -2.26. The van der Waals surface area contributed by atoms with Crippen LogP contribution in [0.25, 0.3) is 11.1 Å². The smallest absolute Gasteiger partial charge is 0.408 e. The molecule has 0 saturated carbocycles. The average Bonchev–Trinajstić information content (AvgIpc) is 3.10. The van der Waals surface area contributed by atoms with E-state index in [2.05, 4.69) is 32.0 Å². The van der Waals surface area contributed by atoms with Crippen molar-refractivity contribution in [2.24, 2.45) is 7.05 Å². The maximum absolute atomic E-state index is 11.8. The molecule has 1 fully saturated rings. The van der Waals surface area contributed by atoms with Gasteiger partial charge in [-0.2, -0.15) is 4.98 Å². The standard InChI is InChI=1S/C23H24N6O3/c1-14-12-25-22(27-17-6-4-3-5-16(17)18-13-31-10-9-24-18)28-21(14)26-15-7-8-19-20(11-15)32-23(30)29(19)2/h3-8,11-12,18,24H,9-10,13H2,1-2H3,(H2,25,26,27,28). The summed E-state index contributed by atoms with van der Waals surface area (Å²) in [5, 5.41) is 10.1. The van der Waals surface area contributed by atoms with Crippen LogP contribution in [-0.4, -0.2) is 34.3 Å². The summed E-state index contributed by atoms with van der Waals surface area (Å²) in [6, 6.07) is 13.7. The fourth-order valence-electron chi connectivity index (χ4n) is 3.78. The van der Waals surface area contributed by atoms with Crippen LogP contribution in [-0.2, 0) is 11.8 Å². The predicted molar refractivity (Wildman–Crippen MR) is 123 cm³/mol. The lowest BCUT2D eigenvalue weighted by molar-refractivity contribution is 0.0771. The third kappa shape index (κ3) is 3.95. The first-order valence-corrected chi connectivity index (χ1v) is 10.5. The van der Waals surface area contributed by atoms with Crippen molar-refractivity contribution in [3.8, 4) is 0 Å². The molecule has 32 heavy (non-hydrogen) atoms. The quantitative estimate of drug-likeness (QED) is 0.441. The van der Waals surface area contributed by atoms with Gasteiger partial charge in [-0.15, -0.1) is 0 Å². The number of rotatable bonds is 5. The van der Waals surface area contributed by atoms with E-state index in [4.69, 9.17) is 9.15 Å². The van der Waals surface area contributed by atoms with Gasteiger partial charge in [0.2, 0.25) is 5.95 Å². The molecule has 9 nitrogen and oxygen atoms in total. The number of nitrogens with zero attached hydrogens (tertiary/aromatic N) is 3. The van der Waals surface area contributed by atoms with Gasteiger partial charge in [-0.25, -0.2) is 9.78 Å². The summed E-state index contributed by atoms with van der Waals surface area (Å²) in [5.41, 5.74) is 4.94. The van der Waals surface area contributed by atoms with Gasteiger partial charge in [0.05, 0.1) is 24.8 Å². The van der Waals surface area contributed by atoms with Gasteiger partial charge in [-0.05, 0) is 30.7 Å². The van der Waals surface area contributed by atoms with Crippen molar-refractivity contribution < 1.29 is 9.15 Å². The topological polar surface area (TPSA) is 106 Å². The molecule has 3 N–H and O–H groups in total. The van der Waals surface area contributed by atoms with E-state index >= 15 is 0 Å². The number of benzene rings is 2. The molecular weight excluding hydrogens is 408 g/mol. The number of fused-ring (bicyclic) bond motifs is 1. The SMILES string of the molecule is Cc1cnc(Nc2ccccc2C2COCCN2)nc1Nc1ccc2c(c1)oc(=O)n2C. The van der Waals surface area contributed by atoms with Gasteiger partial charge in [0.15, 0.2) is 5.58 Å². The first kappa shape index (κ1) is 20.2. The second-order valence-electron chi connectivity index (χ2n) is 7.75. The largest absolute Gasteiger partial charge is 0.419 e. The number of oxazole rings is 1. The first-order chi connectivity index (χ1) is 15.6. The summed E-state index contributed by atoms with van der Waals surface area (Å²) < 4.78 is 12.4. The third-order valence-corrected chi connectivity index (χ3v) is 5.53. The summed E-state index contributed by atoms with van der Waals surface area (Å²) in [4.78, 5) is 20.9. The Kier molecular flexibility index (Phi) is 5.34. The summed E-state index contributed by atoms with van der Waals surface area (Å²) in [6.07, 6.45) is 1.77. The fourth-order valence-corrected chi connectivity index (χ4v) is 3.78. The lowest BCUT2D eigenvalue weighted by atomic mass is 10.0. The van der Waals surface area contributed by atoms with Crippen LogP contribution < -0.4 is 21.7 Å². The van der Waals surface area contributed by atoms with Crippen LogP contribution in [0.4, 0.5) is 23.1 Å². The molecule has 5 rings (SSSR count). The van der Waals surface area contributed by atoms with Crippen molar-refractivity contribution in [2.75, 3.05) is 30.4 Å². The number of aryl methyl sites for hydroxylation is 2. The monoisotopic (exact) mass is 432 g/mol. The molecular formula is C23H24N6O3. The molecule has 2 aromatic heterocycles. The van der Waals surface area contributed by atoms with Crippen molar-refractivity contribution >= 4 is 34.2 Å². The van der Waals surface area contributed by atoms with E-state index < -0.39 is 5.76 Å². The summed E-state index contributed by atoms with van der Waals surface area (Å²) in [7, 11) is 1.68. The predicted octanol–water partition coefficient (Wildman–Crippen LogP) is 3.38. The first-order valence-electron chi connectivity index (χ1n) is 10.5. The minimum Gasteiger partial charge on any atom is -0.408 e. The molecule has 1 aliphatic heterocycles. The van der Waals surface area contributed by atoms with Crippen LogP contribution in [0.5, 0.6) is 0 Å². The van der Waals surface area contributed by atoms with E-state index in [9.17, 15) is 4.79 Å². The van der Waals surface area contributed by atoms with Gasteiger partial charge in [0, 0.05) is 42.8 Å². The summed E-state index contributed by atoms with van der Waals surface area (Å²) >= 11 is 0. The molecule has 1 aliphatic rings. The van der Waals surface area contributed by atoms with Gasteiger partial charge in [0.25, 0.3) is 0 Å². The maximum Gasteiger partial charge on any atom is 0.419 e. The van der Waals surface area contributed by atoms with Crippen LogP contribution in [0.15, 0.2) is 57.9 Å². The number of para-hydroxylation sites is 1. The van der Waals surface area contributed by atoms with Gasteiger partial charge in [-0.3, -0.25) is 4.57 Å². The van der Waals surface area contributed by atoms with Crippen LogP contribution in [0, 0.1) is 6.92 Å². The molecule has 4 aromatic rings. The Morgan fingerprint density at radius 2 is 2.06 bits per heavy atom. The highest BCUT2D eigenvalue weighted by atomic mass is 16.5. The Hall–Kier alpha value is -3.69. The summed E-state index contributed by atoms with van der Waals surface area (Å²) in [5.74, 6) is 0.754. The number of anilines is 4. The number of morpholine rings is 1. The highest BCUT2D eigenvalue weighted by Crippen LogP contribution is 2.28. The molecule has 0 aliphatic carbocycles. The van der Waals surface area contributed by atoms with Crippen LogP contribution in [0.1, 0.15) is 17.2 Å². The molecule has 164 valence electrons. The average molecular weight is 432 g/mol. The lowest BCUT2D eigenvalue weighted by Crippen LogP contribution is -2.34. The zero-order chi connectivity index (χ0) is 22.1. The van der Waals surface area contributed by atoms with Crippen LogP contribution >= 0.6 is 0 Å². The van der Waals surface area contributed by atoms with Gasteiger partial charge in [-0.1, -0.05) is 18.2 Å². The number of ether oxygens (including phenoxy) is 1. The van der Waals surface area contributed by atoms with Crippen LogP contribution in [0.3, 0.4) is 0 Å². The fraction of sp³-hybridized carbons (Fsp3) is 0.261. The minimum absolute atomic E-state index is 0.114. The second-order valence-corrected chi connectivity index (χ2v) is 7.75. The number of hydrogen-bond acceptors (Lipinski definition) is 8. The molecule has 9 heteroatoms. The zero-order valence-corrected chi connectivity index (χ0v) is 17.9. The van der Waals surface area contributed by atoms with Crippen LogP contribution in [0.2, 0.25) is 0 Å². The van der Waals surface area contributed by atoms with Gasteiger partial charge < -0.3 is 25.1 Å². The van der Waals surface area contributed by atoms with E-state index in [-0.39, 0.29) is 6.04 Å². The Labute approximate surface area is 184 Å². The van der Waals surface area contributed by atoms with E-state index in [0.29, 0.717) is 24.0 Å². The van der Waals surface area contributed by atoms with Crippen molar-refractivity contribution in [1.82, 2.24) is 19.9 Å². The van der Waals surface area contributed by atoms with Gasteiger partial charge in [0.1, 0.15) is 5.82 Å². The van der Waals surface area contributed by atoms with Crippen molar-refractivity contribution in [3.05, 3.63) is 70.3 Å². The molecule has 1 atom stereocenters. The molecule has 0 amide bonds. The minimum atomic E-state index is -0.390. The Morgan fingerprint density at radius 1 is 1.19 bits per heavy atom. The molecule has 3 heterocycles. The number of aromatic nitrogens is 3. The van der Waals surface area contributed by atoms with Gasteiger partial charge >= 0.3 is 5.76 Å².